The Balaban J connectivity index is 1.63. The van der Waals surface area contributed by atoms with E-state index in [1.54, 1.807) is 0 Å². The summed E-state index contributed by atoms with van der Waals surface area (Å²) in [6.45, 7) is 4.04. The van der Waals surface area contributed by atoms with Crippen LogP contribution >= 0.6 is 11.6 Å². The fraction of sp³-hybridized carbons (Fsp3) is 0.227. The molecule has 1 heterocycles. The number of nitrogens with zero attached hydrogens (tertiary/aromatic N) is 2. The van der Waals surface area contributed by atoms with Crippen LogP contribution in [0.5, 0.6) is 0 Å². The normalized spacial score (nSPS) is 12.8. The third-order valence-corrected chi connectivity index (χ3v) is 5.26. The van der Waals surface area contributed by atoms with Gasteiger partial charge in [-0.25, -0.2) is 0 Å². The van der Waals surface area contributed by atoms with E-state index in [9.17, 15) is 4.79 Å². The van der Waals surface area contributed by atoms with Crippen LogP contribution in [0.4, 0.5) is 0 Å². The van der Waals surface area contributed by atoms with E-state index < -0.39 is 5.97 Å². The number of aromatic nitrogens is 2. The SMILES string of the molecule is CC1=Cc2cc(-c3nc(-c4ccc(CCC(=O)O)cc4C)no3)cc(Cl)c2C1. The maximum absolute atomic E-state index is 10.8. The topological polar surface area (TPSA) is 76.2 Å². The van der Waals surface area contributed by atoms with E-state index >= 15 is 0 Å². The molecule has 0 amide bonds. The monoisotopic (exact) mass is 394 g/mol. The number of hydrogen-bond acceptors (Lipinski definition) is 4. The highest BCUT2D eigenvalue weighted by Crippen LogP contribution is 2.35. The zero-order valence-electron chi connectivity index (χ0n) is 15.6. The first kappa shape index (κ1) is 18.4. The molecule has 0 bridgehead atoms. The van der Waals surface area contributed by atoms with E-state index in [4.69, 9.17) is 21.2 Å². The number of carboxylic acid groups (broad SMARTS) is 1. The van der Waals surface area contributed by atoms with E-state index in [-0.39, 0.29) is 6.42 Å². The van der Waals surface area contributed by atoms with Gasteiger partial charge in [0.05, 0.1) is 0 Å². The van der Waals surface area contributed by atoms with Gasteiger partial charge in [-0.1, -0.05) is 46.6 Å². The van der Waals surface area contributed by atoms with Gasteiger partial charge < -0.3 is 9.63 Å². The Hall–Kier alpha value is -2.92. The van der Waals surface area contributed by atoms with Crippen LogP contribution in [0.25, 0.3) is 28.9 Å². The Kier molecular flexibility index (Phi) is 4.77. The van der Waals surface area contributed by atoms with Crippen LogP contribution < -0.4 is 0 Å². The highest BCUT2D eigenvalue weighted by molar-refractivity contribution is 6.32. The fourth-order valence-electron chi connectivity index (χ4n) is 3.53. The van der Waals surface area contributed by atoms with E-state index in [2.05, 4.69) is 23.1 Å². The lowest BCUT2D eigenvalue weighted by molar-refractivity contribution is -0.136. The molecule has 6 heteroatoms. The third kappa shape index (κ3) is 3.58. The summed E-state index contributed by atoms with van der Waals surface area (Å²) in [5, 5.41) is 13.7. The molecule has 0 atom stereocenters. The highest BCUT2D eigenvalue weighted by Gasteiger charge is 2.18. The molecule has 0 saturated carbocycles. The summed E-state index contributed by atoms with van der Waals surface area (Å²) in [5.41, 5.74) is 7.11. The van der Waals surface area contributed by atoms with Crippen LogP contribution in [0.15, 0.2) is 40.4 Å². The molecular formula is C22H19ClN2O3. The largest absolute Gasteiger partial charge is 0.481 e. The van der Waals surface area contributed by atoms with Gasteiger partial charge in [0.2, 0.25) is 5.82 Å². The van der Waals surface area contributed by atoms with Gasteiger partial charge in [0.25, 0.3) is 5.89 Å². The van der Waals surface area contributed by atoms with Crippen LogP contribution in [-0.2, 0) is 17.6 Å². The number of benzene rings is 2. The van der Waals surface area contributed by atoms with Crippen LogP contribution in [0.3, 0.4) is 0 Å². The van der Waals surface area contributed by atoms with Crippen molar-refractivity contribution >= 4 is 23.6 Å². The number of carbonyl (C=O) groups is 1. The van der Waals surface area contributed by atoms with E-state index in [0.717, 1.165) is 39.8 Å². The first-order chi connectivity index (χ1) is 13.4. The molecule has 0 spiro atoms. The standard InChI is InChI=1S/C22H19ClN2O3/c1-12-7-15-10-16(11-19(23)18(15)8-12)22-24-21(25-28-22)17-5-3-14(9-13(17)2)4-6-20(26)27/h3,5,7,9-11H,4,6,8H2,1-2H3,(H,26,27). The van der Waals surface area contributed by atoms with Crippen LogP contribution in [-0.4, -0.2) is 21.2 Å². The zero-order chi connectivity index (χ0) is 19.8. The van der Waals surface area contributed by atoms with Crippen molar-refractivity contribution in [3.63, 3.8) is 0 Å². The highest BCUT2D eigenvalue weighted by atomic mass is 35.5. The molecule has 0 saturated heterocycles. The molecule has 1 aliphatic rings. The van der Waals surface area contributed by atoms with E-state index in [0.29, 0.717) is 23.2 Å². The fourth-order valence-corrected chi connectivity index (χ4v) is 3.82. The number of aliphatic carboxylic acids is 1. The van der Waals surface area contributed by atoms with Crippen molar-refractivity contribution in [2.24, 2.45) is 0 Å². The van der Waals surface area contributed by atoms with Crippen molar-refractivity contribution in [3.8, 4) is 22.8 Å². The summed E-state index contributed by atoms with van der Waals surface area (Å²) in [7, 11) is 0. The van der Waals surface area contributed by atoms with Gasteiger partial charge in [-0.15, -0.1) is 0 Å². The van der Waals surface area contributed by atoms with Crippen molar-refractivity contribution in [2.75, 3.05) is 0 Å². The number of allylic oxidation sites excluding steroid dienone is 1. The predicted molar refractivity (Wildman–Crippen MR) is 108 cm³/mol. The molecular weight excluding hydrogens is 376 g/mol. The minimum absolute atomic E-state index is 0.109. The van der Waals surface area contributed by atoms with Gasteiger partial charge in [-0.05, 0) is 61.1 Å². The molecule has 2 aromatic carbocycles. The molecule has 4 rings (SSSR count). The molecule has 1 aromatic heterocycles. The third-order valence-electron chi connectivity index (χ3n) is 4.92. The number of aryl methyl sites for hydroxylation is 2. The molecule has 1 N–H and O–H groups in total. The van der Waals surface area contributed by atoms with Gasteiger partial charge in [-0.3, -0.25) is 4.79 Å². The van der Waals surface area contributed by atoms with Gasteiger partial charge in [-0.2, -0.15) is 4.98 Å². The van der Waals surface area contributed by atoms with Crippen molar-refractivity contribution < 1.29 is 14.4 Å². The number of fused-ring (bicyclic) bond motifs is 1. The number of carboxylic acids is 1. The Morgan fingerprint density at radius 2 is 2.07 bits per heavy atom. The maximum Gasteiger partial charge on any atom is 0.303 e. The Bertz CT molecular complexity index is 1110. The molecule has 5 nitrogen and oxygen atoms in total. The van der Waals surface area contributed by atoms with E-state index in [1.807, 2.05) is 37.3 Å². The van der Waals surface area contributed by atoms with Crippen molar-refractivity contribution in [3.05, 3.63) is 63.2 Å². The van der Waals surface area contributed by atoms with Gasteiger partial charge >= 0.3 is 5.97 Å². The second-order valence-electron chi connectivity index (χ2n) is 7.16. The number of hydrogen-bond donors (Lipinski definition) is 1. The Morgan fingerprint density at radius 1 is 1.25 bits per heavy atom. The Labute approximate surface area is 167 Å². The molecule has 0 unspecified atom stereocenters. The predicted octanol–water partition coefficient (Wildman–Crippen LogP) is 5.34. The minimum Gasteiger partial charge on any atom is -0.481 e. The second kappa shape index (κ2) is 7.24. The minimum atomic E-state index is -0.803. The molecule has 0 radical (unpaired) electrons. The molecule has 28 heavy (non-hydrogen) atoms. The van der Waals surface area contributed by atoms with Gasteiger partial charge in [0.15, 0.2) is 0 Å². The first-order valence-electron chi connectivity index (χ1n) is 9.06. The molecule has 142 valence electrons. The molecule has 0 aliphatic heterocycles. The van der Waals surface area contributed by atoms with Crippen molar-refractivity contribution in [1.29, 1.82) is 0 Å². The average molecular weight is 395 g/mol. The summed E-state index contributed by atoms with van der Waals surface area (Å²) in [6, 6.07) is 9.67. The molecule has 1 aliphatic carbocycles. The van der Waals surface area contributed by atoms with Crippen LogP contribution in [0.2, 0.25) is 5.02 Å². The zero-order valence-corrected chi connectivity index (χ0v) is 16.4. The second-order valence-corrected chi connectivity index (χ2v) is 7.57. The quantitative estimate of drug-likeness (QED) is 0.631. The summed E-state index contributed by atoms with van der Waals surface area (Å²) < 4.78 is 5.49. The van der Waals surface area contributed by atoms with E-state index in [1.165, 1.54) is 5.57 Å². The summed E-state index contributed by atoms with van der Waals surface area (Å²) in [4.78, 5) is 15.3. The summed E-state index contributed by atoms with van der Waals surface area (Å²) in [6.07, 6.45) is 3.60. The summed E-state index contributed by atoms with van der Waals surface area (Å²) >= 11 is 6.44. The maximum atomic E-state index is 10.8. The lowest BCUT2D eigenvalue weighted by atomic mass is 10.0. The smallest absolute Gasteiger partial charge is 0.303 e. The lowest BCUT2D eigenvalue weighted by Crippen LogP contribution is -1.98. The van der Waals surface area contributed by atoms with Crippen LogP contribution in [0, 0.1) is 6.92 Å². The molecule has 0 fully saturated rings. The lowest BCUT2D eigenvalue weighted by Gasteiger charge is -2.05. The van der Waals surface area contributed by atoms with Gasteiger partial charge in [0.1, 0.15) is 0 Å². The average Bonchev–Trinajstić information content (AvgIpc) is 3.26. The van der Waals surface area contributed by atoms with Crippen molar-refractivity contribution in [1.82, 2.24) is 10.1 Å². The molecule has 3 aromatic rings. The van der Waals surface area contributed by atoms with Crippen molar-refractivity contribution in [2.45, 2.75) is 33.1 Å². The van der Waals surface area contributed by atoms with Crippen LogP contribution in [0.1, 0.15) is 35.6 Å². The number of halogens is 1. The Morgan fingerprint density at radius 3 is 2.82 bits per heavy atom. The van der Waals surface area contributed by atoms with Gasteiger partial charge in [0, 0.05) is 22.6 Å². The first-order valence-corrected chi connectivity index (χ1v) is 9.44. The summed E-state index contributed by atoms with van der Waals surface area (Å²) in [5.74, 6) is 0.121. The number of rotatable bonds is 5.